The summed E-state index contributed by atoms with van der Waals surface area (Å²) in [7, 11) is 0. The highest BCUT2D eigenvalue weighted by Crippen LogP contribution is 2.14. The van der Waals surface area contributed by atoms with Gasteiger partial charge in [-0.3, -0.25) is 14.4 Å². The summed E-state index contributed by atoms with van der Waals surface area (Å²) in [5, 5.41) is 5.07. The molecule has 1 aromatic heterocycles. The molecule has 4 N–H and O–H groups in total. The maximum Gasteiger partial charge on any atom is 0.313 e. The van der Waals surface area contributed by atoms with Crippen molar-refractivity contribution in [2.75, 3.05) is 5.32 Å². The molecule has 0 saturated carbocycles. The number of nitrogens with two attached hydrogens (primary N) is 1. The number of rotatable bonds is 5. The van der Waals surface area contributed by atoms with Crippen LogP contribution >= 0.6 is 11.3 Å². The zero-order valence-electron chi connectivity index (χ0n) is 12.6. The molecule has 0 unspecified atom stereocenters. The van der Waals surface area contributed by atoms with Gasteiger partial charge < -0.3 is 16.4 Å². The predicted molar refractivity (Wildman–Crippen MR) is 88.9 cm³/mol. The van der Waals surface area contributed by atoms with E-state index in [1.54, 1.807) is 35.6 Å². The number of hydrogen-bond donors (Lipinski definition) is 3. The molecule has 6 nitrogen and oxygen atoms in total. The number of hydrogen-bond acceptors (Lipinski definition) is 4. The molecule has 1 heterocycles. The summed E-state index contributed by atoms with van der Waals surface area (Å²) in [5.41, 5.74) is 6.33. The van der Waals surface area contributed by atoms with Gasteiger partial charge in [-0.15, -0.1) is 11.3 Å². The number of amides is 3. The van der Waals surface area contributed by atoms with Crippen molar-refractivity contribution in [3.8, 4) is 0 Å². The molecule has 0 atom stereocenters. The van der Waals surface area contributed by atoms with E-state index in [1.807, 2.05) is 19.1 Å². The molecular weight excluding hydrogens is 314 g/mol. The molecule has 0 aliphatic carbocycles. The zero-order valence-corrected chi connectivity index (χ0v) is 13.4. The number of nitrogens with one attached hydrogen (secondary N) is 2. The summed E-state index contributed by atoms with van der Waals surface area (Å²) >= 11 is 1.57. The molecule has 7 heteroatoms. The van der Waals surface area contributed by atoms with Crippen LogP contribution in [0.15, 0.2) is 36.4 Å². The minimum atomic E-state index is -0.735. The summed E-state index contributed by atoms with van der Waals surface area (Å²) in [5.74, 6) is -1.86. The van der Waals surface area contributed by atoms with Crippen LogP contribution < -0.4 is 16.4 Å². The molecule has 3 amide bonds. The van der Waals surface area contributed by atoms with E-state index >= 15 is 0 Å². The quantitative estimate of drug-likeness (QED) is 0.721. The second-order valence-corrected chi connectivity index (χ2v) is 6.36. The molecule has 0 fully saturated rings. The summed E-state index contributed by atoms with van der Waals surface area (Å²) in [4.78, 5) is 36.5. The van der Waals surface area contributed by atoms with Gasteiger partial charge in [0, 0.05) is 15.4 Å². The van der Waals surface area contributed by atoms with Crippen LogP contribution in [0.1, 0.15) is 15.3 Å². The Kier molecular flexibility index (Phi) is 5.48. The number of thiophene rings is 1. The first-order chi connectivity index (χ1) is 10.9. The van der Waals surface area contributed by atoms with Gasteiger partial charge in [0.1, 0.15) is 0 Å². The largest absolute Gasteiger partial charge is 0.369 e. The molecule has 0 spiro atoms. The van der Waals surface area contributed by atoms with Crippen molar-refractivity contribution >= 4 is 34.7 Å². The van der Waals surface area contributed by atoms with E-state index in [0.29, 0.717) is 12.2 Å². The van der Waals surface area contributed by atoms with Gasteiger partial charge in [0.05, 0.1) is 13.0 Å². The molecule has 2 rings (SSSR count). The van der Waals surface area contributed by atoms with Crippen LogP contribution in [0.3, 0.4) is 0 Å². The number of benzene rings is 1. The maximum absolute atomic E-state index is 11.8. The van der Waals surface area contributed by atoms with Gasteiger partial charge in [-0.2, -0.15) is 0 Å². The van der Waals surface area contributed by atoms with Gasteiger partial charge in [0.25, 0.3) is 0 Å². The highest BCUT2D eigenvalue weighted by atomic mass is 32.1. The van der Waals surface area contributed by atoms with Gasteiger partial charge in [0.15, 0.2) is 0 Å². The Morgan fingerprint density at radius 3 is 2.30 bits per heavy atom. The van der Waals surface area contributed by atoms with Crippen molar-refractivity contribution in [1.82, 2.24) is 5.32 Å². The molecule has 0 saturated heterocycles. The van der Waals surface area contributed by atoms with E-state index < -0.39 is 17.7 Å². The zero-order chi connectivity index (χ0) is 16.8. The molecule has 120 valence electrons. The highest BCUT2D eigenvalue weighted by Gasteiger charge is 2.13. The van der Waals surface area contributed by atoms with Gasteiger partial charge in [-0.1, -0.05) is 12.1 Å². The first-order valence-electron chi connectivity index (χ1n) is 6.96. The maximum atomic E-state index is 11.8. The average molecular weight is 331 g/mol. The molecular formula is C16H17N3O3S. The van der Waals surface area contributed by atoms with Crippen LogP contribution in [-0.4, -0.2) is 17.7 Å². The smallest absolute Gasteiger partial charge is 0.313 e. The molecule has 23 heavy (non-hydrogen) atoms. The molecule has 0 aliphatic rings. The first-order valence-corrected chi connectivity index (χ1v) is 7.77. The first kappa shape index (κ1) is 16.7. The van der Waals surface area contributed by atoms with Crippen LogP contribution in [0.25, 0.3) is 0 Å². The van der Waals surface area contributed by atoms with E-state index in [0.717, 1.165) is 15.3 Å². The minimum Gasteiger partial charge on any atom is -0.369 e. The third-order valence-electron chi connectivity index (χ3n) is 3.02. The van der Waals surface area contributed by atoms with Gasteiger partial charge in [-0.25, -0.2) is 0 Å². The Bertz CT molecular complexity index is 722. The van der Waals surface area contributed by atoms with Crippen LogP contribution in [0.4, 0.5) is 5.69 Å². The Balaban J connectivity index is 1.85. The topological polar surface area (TPSA) is 101 Å². The molecule has 0 bridgehead atoms. The lowest BCUT2D eigenvalue weighted by Crippen LogP contribution is -2.34. The van der Waals surface area contributed by atoms with E-state index in [9.17, 15) is 14.4 Å². The van der Waals surface area contributed by atoms with E-state index in [-0.39, 0.29) is 6.42 Å². The van der Waals surface area contributed by atoms with Gasteiger partial charge >= 0.3 is 11.8 Å². The van der Waals surface area contributed by atoms with Crippen LogP contribution in [0.5, 0.6) is 0 Å². The predicted octanol–water partition coefficient (Wildman–Crippen LogP) is 1.34. The number of anilines is 1. The lowest BCUT2D eigenvalue weighted by atomic mass is 10.1. The Morgan fingerprint density at radius 2 is 1.74 bits per heavy atom. The average Bonchev–Trinajstić information content (AvgIpc) is 2.92. The summed E-state index contributed by atoms with van der Waals surface area (Å²) in [6, 6.07) is 10.5. The van der Waals surface area contributed by atoms with Crippen molar-refractivity contribution in [2.24, 2.45) is 5.73 Å². The van der Waals surface area contributed by atoms with E-state index in [2.05, 4.69) is 10.6 Å². The molecule has 0 radical (unpaired) electrons. The highest BCUT2D eigenvalue weighted by molar-refractivity contribution is 7.11. The number of carbonyl (C=O) groups excluding carboxylic acids is 3. The number of carbonyl (C=O) groups is 3. The second kappa shape index (κ2) is 7.55. The number of primary amides is 1. The van der Waals surface area contributed by atoms with Crippen LogP contribution in [0.2, 0.25) is 0 Å². The fraction of sp³-hybridized carbons (Fsp3) is 0.188. The lowest BCUT2D eigenvalue weighted by molar-refractivity contribution is -0.136. The minimum absolute atomic E-state index is 0.134. The Labute approximate surface area is 137 Å². The SMILES string of the molecule is Cc1ccc(CNC(=O)C(=O)Nc2ccc(CC(N)=O)cc2)s1. The second-order valence-electron chi connectivity index (χ2n) is 4.99. The third-order valence-corrected chi connectivity index (χ3v) is 4.02. The normalized spacial score (nSPS) is 10.1. The van der Waals surface area contributed by atoms with Crippen molar-refractivity contribution in [1.29, 1.82) is 0 Å². The van der Waals surface area contributed by atoms with Crippen molar-refractivity contribution in [3.05, 3.63) is 51.7 Å². The fourth-order valence-electron chi connectivity index (χ4n) is 1.92. The summed E-state index contributed by atoms with van der Waals surface area (Å²) in [6.45, 7) is 2.30. The molecule has 2 aromatic rings. The standard InChI is InChI=1S/C16H17N3O3S/c1-10-2-7-13(23-10)9-18-15(21)16(22)19-12-5-3-11(4-6-12)8-14(17)20/h2-7H,8-9H2,1H3,(H2,17,20)(H,18,21)(H,19,22). The van der Waals surface area contributed by atoms with Crippen molar-refractivity contribution < 1.29 is 14.4 Å². The fourth-order valence-corrected chi connectivity index (χ4v) is 2.75. The number of aryl methyl sites for hydroxylation is 1. The van der Waals surface area contributed by atoms with Gasteiger partial charge in [-0.05, 0) is 36.8 Å². The van der Waals surface area contributed by atoms with E-state index in [4.69, 9.17) is 5.73 Å². The lowest BCUT2D eigenvalue weighted by Gasteiger charge is -2.06. The van der Waals surface area contributed by atoms with Crippen molar-refractivity contribution in [3.63, 3.8) is 0 Å². The monoisotopic (exact) mass is 331 g/mol. The summed E-state index contributed by atoms with van der Waals surface area (Å²) in [6.07, 6.45) is 0.134. The van der Waals surface area contributed by atoms with Crippen LogP contribution in [0, 0.1) is 6.92 Å². The van der Waals surface area contributed by atoms with E-state index in [1.165, 1.54) is 0 Å². The molecule has 1 aromatic carbocycles. The Morgan fingerprint density at radius 1 is 1.04 bits per heavy atom. The Hall–Kier alpha value is -2.67. The van der Waals surface area contributed by atoms with Gasteiger partial charge in [0.2, 0.25) is 5.91 Å². The summed E-state index contributed by atoms with van der Waals surface area (Å²) < 4.78 is 0. The van der Waals surface area contributed by atoms with Crippen molar-refractivity contribution in [2.45, 2.75) is 19.9 Å². The van der Waals surface area contributed by atoms with Crippen LogP contribution in [-0.2, 0) is 27.3 Å². The molecule has 0 aliphatic heterocycles. The third kappa shape index (κ3) is 5.23.